The van der Waals surface area contributed by atoms with Crippen molar-refractivity contribution in [1.82, 2.24) is 15.3 Å². The summed E-state index contributed by atoms with van der Waals surface area (Å²) in [7, 11) is 3.55. The van der Waals surface area contributed by atoms with E-state index in [-0.39, 0.29) is 0 Å². The Balaban J connectivity index is 2.49. The molecular weight excluding hydrogens is 226 g/mol. The lowest BCUT2D eigenvalue weighted by Gasteiger charge is -2.09. The van der Waals surface area contributed by atoms with Gasteiger partial charge in [-0.2, -0.15) is 0 Å². The molecule has 0 atom stereocenters. The maximum Gasteiger partial charge on any atom is 0.143 e. The Labute approximate surface area is 107 Å². The van der Waals surface area contributed by atoms with Crippen LogP contribution in [-0.2, 0) is 6.54 Å². The average Bonchev–Trinajstić information content (AvgIpc) is 2.38. The SMILES string of the molecule is CNCc1nc(C)cc(-c2ccccc2OC)n1. The second-order valence-electron chi connectivity index (χ2n) is 4.04. The second-order valence-corrected chi connectivity index (χ2v) is 4.04. The van der Waals surface area contributed by atoms with Crippen molar-refractivity contribution in [2.45, 2.75) is 13.5 Å². The van der Waals surface area contributed by atoms with E-state index in [4.69, 9.17) is 4.74 Å². The van der Waals surface area contributed by atoms with Crippen molar-refractivity contribution < 1.29 is 4.74 Å². The molecule has 0 fully saturated rings. The molecule has 1 aromatic heterocycles. The highest BCUT2D eigenvalue weighted by Gasteiger charge is 2.08. The monoisotopic (exact) mass is 243 g/mol. The van der Waals surface area contributed by atoms with Crippen LogP contribution in [0.2, 0.25) is 0 Å². The number of methoxy groups -OCH3 is 1. The Hall–Kier alpha value is -1.94. The Bertz CT molecular complexity index is 540. The third-order valence-electron chi connectivity index (χ3n) is 2.62. The van der Waals surface area contributed by atoms with Crippen molar-refractivity contribution in [1.29, 1.82) is 0 Å². The lowest BCUT2D eigenvalue weighted by atomic mass is 10.1. The van der Waals surface area contributed by atoms with Gasteiger partial charge in [0, 0.05) is 11.3 Å². The first-order valence-electron chi connectivity index (χ1n) is 5.87. The van der Waals surface area contributed by atoms with Crippen LogP contribution in [0.1, 0.15) is 11.5 Å². The molecule has 1 N–H and O–H groups in total. The summed E-state index contributed by atoms with van der Waals surface area (Å²) in [5.41, 5.74) is 2.84. The topological polar surface area (TPSA) is 47.0 Å². The van der Waals surface area contributed by atoms with Gasteiger partial charge in [-0.05, 0) is 32.2 Å². The molecule has 0 saturated heterocycles. The third kappa shape index (κ3) is 2.65. The number of ether oxygens (including phenoxy) is 1. The van der Waals surface area contributed by atoms with Gasteiger partial charge >= 0.3 is 0 Å². The molecule has 18 heavy (non-hydrogen) atoms. The van der Waals surface area contributed by atoms with Crippen LogP contribution in [0.3, 0.4) is 0 Å². The van der Waals surface area contributed by atoms with E-state index in [9.17, 15) is 0 Å². The van der Waals surface area contributed by atoms with Gasteiger partial charge in [-0.25, -0.2) is 9.97 Å². The van der Waals surface area contributed by atoms with Gasteiger partial charge < -0.3 is 10.1 Å². The van der Waals surface area contributed by atoms with Gasteiger partial charge in [0.25, 0.3) is 0 Å². The van der Waals surface area contributed by atoms with Gasteiger partial charge in [0.15, 0.2) is 0 Å². The summed E-state index contributed by atoms with van der Waals surface area (Å²) < 4.78 is 5.36. The Morgan fingerprint density at radius 3 is 2.72 bits per heavy atom. The van der Waals surface area contributed by atoms with Crippen LogP contribution in [0.25, 0.3) is 11.3 Å². The Morgan fingerprint density at radius 2 is 2.00 bits per heavy atom. The number of aryl methyl sites for hydroxylation is 1. The van der Waals surface area contributed by atoms with Crippen molar-refractivity contribution in [3.05, 3.63) is 41.9 Å². The highest BCUT2D eigenvalue weighted by molar-refractivity contribution is 5.67. The summed E-state index contributed by atoms with van der Waals surface area (Å²) in [6.45, 7) is 2.63. The van der Waals surface area contributed by atoms with Gasteiger partial charge in [-0.15, -0.1) is 0 Å². The van der Waals surface area contributed by atoms with Crippen molar-refractivity contribution in [3.63, 3.8) is 0 Å². The minimum Gasteiger partial charge on any atom is -0.496 e. The summed E-state index contributed by atoms with van der Waals surface area (Å²) >= 11 is 0. The van der Waals surface area contributed by atoms with Gasteiger partial charge in [-0.3, -0.25) is 0 Å². The second kappa shape index (κ2) is 5.60. The van der Waals surface area contributed by atoms with Crippen LogP contribution in [0.4, 0.5) is 0 Å². The number of nitrogens with zero attached hydrogens (tertiary/aromatic N) is 2. The summed E-state index contributed by atoms with van der Waals surface area (Å²) in [5, 5.41) is 3.06. The van der Waals surface area contributed by atoms with Gasteiger partial charge in [0.2, 0.25) is 0 Å². The zero-order valence-corrected chi connectivity index (χ0v) is 10.9. The molecule has 94 valence electrons. The minimum absolute atomic E-state index is 0.657. The van der Waals surface area contributed by atoms with Crippen LogP contribution in [0.5, 0.6) is 5.75 Å². The summed E-state index contributed by atoms with van der Waals surface area (Å²) in [4.78, 5) is 8.94. The molecule has 0 aliphatic rings. The molecule has 1 aromatic carbocycles. The summed E-state index contributed by atoms with van der Waals surface area (Å²) in [6, 6.07) is 9.84. The molecule has 0 bridgehead atoms. The molecule has 0 unspecified atom stereocenters. The average molecular weight is 243 g/mol. The van der Waals surface area contributed by atoms with E-state index in [0.717, 1.165) is 28.5 Å². The quantitative estimate of drug-likeness (QED) is 0.894. The number of nitrogens with one attached hydrogen (secondary N) is 1. The molecule has 0 amide bonds. The van der Waals surface area contributed by atoms with E-state index >= 15 is 0 Å². The van der Waals surface area contributed by atoms with E-state index in [1.165, 1.54) is 0 Å². The molecule has 4 nitrogen and oxygen atoms in total. The highest BCUT2D eigenvalue weighted by Crippen LogP contribution is 2.28. The molecule has 2 rings (SSSR count). The van der Waals surface area contributed by atoms with Crippen LogP contribution in [0, 0.1) is 6.92 Å². The number of benzene rings is 1. The zero-order valence-electron chi connectivity index (χ0n) is 10.9. The first kappa shape index (κ1) is 12.5. The summed E-state index contributed by atoms with van der Waals surface area (Å²) in [5.74, 6) is 1.62. The van der Waals surface area contributed by atoms with Gasteiger partial charge in [0.1, 0.15) is 11.6 Å². The van der Waals surface area contributed by atoms with Crippen molar-refractivity contribution >= 4 is 0 Å². The first-order valence-corrected chi connectivity index (χ1v) is 5.87. The molecular formula is C14H17N3O. The number of hydrogen-bond donors (Lipinski definition) is 1. The number of para-hydroxylation sites is 1. The maximum absolute atomic E-state index is 5.36. The van der Waals surface area contributed by atoms with Crippen LogP contribution in [-0.4, -0.2) is 24.1 Å². The number of rotatable bonds is 4. The lowest BCUT2D eigenvalue weighted by molar-refractivity contribution is 0.416. The van der Waals surface area contributed by atoms with Crippen molar-refractivity contribution in [3.8, 4) is 17.0 Å². The largest absolute Gasteiger partial charge is 0.496 e. The van der Waals surface area contributed by atoms with E-state index in [1.807, 2.05) is 44.3 Å². The summed E-state index contributed by atoms with van der Waals surface area (Å²) in [6.07, 6.45) is 0. The number of aromatic nitrogens is 2. The van der Waals surface area contributed by atoms with Crippen molar-refractivity contribution in [2.75, 3.05) is 14.2 Å². The smallest absolute Gasteiger partial charge is 0.143 e. The molecule has 4 heteroatoms. The van der Waals surface area contributed by atoms with Crippen LogP contribution in [0.15, 0.2) is 30.3 Å². The molecule has 0 aliphatic heterocycles. The number of hydrogen-bond acceptors (Lipinski definition) is 4. The van der Waals surface area contributed by atoms with Crippen molar-refractivity contribution in [2.24, 2.45) is 0 Å². The van der Waals surface area contributed by atoms with Crippen LogP contribution < -0.4 is 10.1 Å². The predicted molar refractivity (Wildman–Crippen MR) is 71.5 cm³/mol. The van der Waals surface area contributed by atoms with Crippen LogP contribution >= 0.6 is 0 Å². The van der Waals surface area contributed by atoms with E-state index in [0.29, 0.717) is 6.54 Å². The van der Waals surface area contributed by atoms with Gasteiger partial charge in [-0.1, -0.05) is 12.1 Å². The first-order chi connectivity index (χ1) is 8.74. The standard InChI is InChI=1S/C14H17N3O/c1-10-8-12(17-14(16-10)9-15-2)11-6-4-5-7-13(11)18-3/h4-8,15H,9H2,1-3H3. The minimum atomic E-state index is 0.657. The highest BCUT2D eigenvalue weighted by atomic mass is 16.5. The molecule has 0 aliphatic carbocycles. The van der Waals surface area contributed by atoms with E-state index in [1.54, 1.807) is 7.11 Å². The molecule has 2 aromatic rings. The lowest BCUT2D eigenvalue weighted by Crippen LogP contribution is -2.10. The predicted octanol–water partition coefficient (Wildman–Crippen LogP) is 2.18. The van der Waals surface area contributed by atoms with Gasteiger partial charge in [0.05, 0.1) is 19.3 Å². The molecule has 1 heterocycles. The van der Waals surface area contributed by atoms with E-state index < -0.39 is 0 Å². The fraction of sp³-hybridized carbons (Fsp3) is 0.286. The molecule has 0 radical (unpaired) electrons. The normalized spacial score (nSPS) is 10.4. The Morgan fingerprint density at radius 1 is 1.22 bits per heavy atom. The fourth-order valence-corrected chi connectivity index (χ4v) is 1.86. The molecule has 0 saturated carbocycles. The maximum atomic E-state index is 5.36. The molecule has 0 spiro atoms. The van der Waals surface area contributed by atoms with E-state index in [2.05, 4.69) is 15.3 Å². The Kier molecular flexibility index (Phi) is 3.89. The fourth-order valence-electron chi connectivity index (χ4n) is 1.86. The zero-order chi connectivity index (χ0) is 13.0. The third-order valence-corrected chi connectivity index (χ3v) is 2.62.